The topological polar surface area (TPSA) is 58.6 Å². The van der Waals surface area contributed by atoms with Crippen LogP contribution in [-0.2, 0) is 9.63 Å². The van der Waals surface area contributed by atoms with Gasteiger partial charge in [0.1, 0.15) is 0 Å². The first-order chi connectivity index (χ1) is 4.77. The van der Waals surface area contributed by atoms with E-state index in [0.717, 1.165) is 6.42 Å². The number of carbonyl (C=O) groups excluding carboxylic acids is 1. The summed E-state index contributed by atoms with van der Waals surface area (Å²) in [5, 5.41) is 8.76. The van der Waals surface area contributed by atoms with Gasteiger partial charge in [-0.25, -0.2) is 5.48 Å². The SMILES string of the molecule is CC(O)CCCONC=O. The van der Waals surface area contributed by atoms with Crippen LogP contribution in [0.4, 0.5) is 0 Å². The predicted molar refractivity (Wildman–Crippen MR) is 36.1 cm³/mol. The van der Waals surface area contributed by atoms with Gasteiger partial charge in [0.15, 0.2) is 0 Å². The molecular formula is C6H13NO3. The minimum Gasteiger partial charge on any atom is -0.393 e. The number of hydroxylamine groups is 1. The van der Waals surface area contributed by atoms with Crippen molar-refractivity contribution in [1.82, 2.24) is 5.48 Å². The molecule has 1 unspecified atom stereocenters. The van der Waals surface area contributed by atoms with Crippen LogP contribution in [0.3, 0.4) is 0 Å². The van der Waals surface area contributed by atoms with Gasteiger partial charge in [0.05, 0.1) is 12.7 Å². The second kappa shape index (κ2) is 6.51. The van der Waals surface area contributed by atoms with Gasteiger partial charge in [-0.05, 0) is 19.8 Å². The Balaban J connectivity index is 2.83. The van der Waals surface area contributed by atoms with Crippen molar-refractivity contribution in [2.24, 2.45) is 0 Å². The second-order valence-corrected chi connectivity index (χ2v) is 2.08. The molecule has 1 amide bonds. The van der Waals surface area contributed by atoms with Gasteiger partial charge in [-0.3, -0.25) is 9.63 Å². The highest BCUT2D eigenvalue weighted by molar-refractivity contribution is 5.43. The van der Waals surface area contributed by atoms with E-state index in [-0.39, 0.29) is 6.10 Å². The molecule has 0 heterocycles. The molecule has 0 aromatic rings. The number of rotatable bonds is 6. The highest BCUT2D eigenvalue weighted by Crippen LogP contribution is 1.94. The Kier molecular flexibility index (Phi) is 6.11. The lowest BCUT2D eigenvalue weighted by atomic mass is 10.2. The quantitative estimate of drug-likeness (QED) is 0.311. The number of amides is 1. The lowest BCUT2D eigenvalue weighted by Gasteiger charge is -2.02. The fraction of sp³-hybridized carbons (Fsp3) is 0.833. The lowest BCUT2D eigenvalue weighted by Crippen LogP contribution is -2.13. The molecule has 0 rings (SSSR count). The maximum atomic E-state index is 9.62. The Morgan fingerprint density at radius 1 is 1.80 bits per heavy atom. The third kappa shape index (κ3) is 7.39. The number of hydrogen-bond acceptors (Lipinski definition) is 3. The molecule has 0 saturated carbocycles. The minimum absolute atomic E-state index is 0.292. The van der Waals surface area contributed by atoms with E-state index >= 15 is 0 Å². The lowest BCUT2D eigenvalue weighted by molar-refractivity contribution is -0.120. The van der Waals surface area contributed by atoms with E-state index < -0.39 is 0 Å². The van der Waals surface area contributed by atoms with Crippen molar-refractivity contribution in [2.45, 2.75) is 25.9 Å². The zero-order valence-electron chi connectivity index (χ0n) is 6.04. The maximum Gasteiger partial charge on any atom is 0.230 e. The average Bonchev–Trinajstić information content (AvgIpc) is 1.87. The molecule has 0 fully saturated rings. The van der Waals surface area contributed by atoms with Crippen LogP contribution in [0, 0.1) is 0 Å². The second-order valence-electron chi connectivity index (χ2n) is 2.08. The highest BCUT2D eigenvalue weighted by Gasteiger charge is 1.93. The number of nitrogens with one attached hydrogen (secondary N) is 1. The van der Waals surface area contributed by atoms with E-state index in [2.05, 4.69) is 10.3 Å². The Hall–Kier alpha value is -0.610. The van der Waals surface area contributed by atoms with Crippen LogP contribution in [-0.4, -0.2) is 24.2 Å². The van der Waals surface area contributed by atoms with Gasteiger partial charge in [0.2, 0.25) is 6.41 Å². The van der Waals surface area contributed by atoms with Crippen molar-refractivity contribution in [3.63, 3.8) is 0 Å². The first-order valence-electron chi connectivity index (χ1n) is 3.26. The predicted octanol–water partition coefficient (Wildman–Crippen LogP) is -0.175. The summed E-state index contributed by atoms with van der Waals surface area (Å²) in [7, 11) is 0. The summed E-state index contributed by atoms with van der Waals surface area (Å²) in [6.07, 6.45) is 1.63. The molecule has 1 atom stereocenters. The Morgan fingerprint density at radius 2 is 2.50 bits per heavy atom. The molecule has 2 N–H and O–H groups in total. The summed E-state index contributed by atoms with van der Waals surface area (Å²) < 4.78 is 0. The van der Waals surface area contributed by atoms with E-state index in [1.54, 1.807) is 6.92 Å². The van der Waals surface area contributed by atoms with Gasteiger partial charge in [-0.2, -0.15) is 0 Å². The largest absolute Gasteiger partial charge is 0.393 e. The van der Waals surface area contributed by atoms with Gasteiger partial charge < -0.3 is 5.11 Å². The number of aliphatic hydroxyl groups excluding tert-OH is 1. The van der Waals surface area contributed by atoms with Crippen molar-refractivity contribution >= 4 is 6.41 Å². The monoisotopic (exact) mass is 147 g/mol. The molecular weight excluding hydrogens is 134 g/mol. The van der Waals surface area contributed by atoms with Crippen molar-refractivity contribution in [1.29, 1.82) is 0 Å². The summed E-state index contributed by atoms with van der Waals surface area (Å²) in [5.74, 6) is 0. The smallest absolute Gasteiger partial charge is 0.230 e. The summed E-state index contributed by atoms with van der Waals surface area (Å²) in [4.78, 5) is 14.2. The first kappa shape index (κ1) is 9.39. The number of carbonyl (C=O) groups is 1. The van der Waals surface area contributed by atoms with Gasteiger partial charge in [0.25, 0.3) is 0 Å². The van der Waals surface area contributed by atoms with E-state index in [0.29, 0.717) is 19.4 Å². The standard InChI is InChI=1S/C6H13NO3/c1-6(9)3-2-4-10-7-5-8/h5-6,9H,2-4H2,1H3,(H,7,8). The van der Waals surface area contributed by atoms with Crippen LogP contribution in [0.5, 0.6) is 0 Å². The summed E-state index contributed by atoms with van der Waals surface area (Å²) in [5.41, 5.74) is 2.06. The normalized spacial score (nSPS) is 12.6. The van der Waals surface area contributed by atoms with Gasteiger partial charge in [-0.15, -0.1) is 0 Å². The van der Waals surface area contributed by atoms with Crippen molar-refractivity contribution < 1.29 is 14.7 Å². The number of hydrogen-bond donors (Lipinski definition) is 2. The van der Waals surface area contributed by atoms with Crippen LogP contribution in [0.1, 0.15) is 19.8 Å². The van der Waals surface area contributed by atoms with E-state index in [4.69, 9.17) is 5.11 Å². The van der Waals surface area contributed by atoms with E-state index in [1.165, 1.54) is 0 Å². The minimum atomic E-state index is -0.292. The zero-order chi connectivity index (χ0) is 7.82. The molecule has 0 spiro atoms. The molecule has 4 heteroatoms. The molecule has 0 aromatic carbocycles. The van der Waals surface area contributed by atoms with Crippen molar-refractivity contribution in [3.8, 4) is 0 Å². The third-order valence-electron chi connectivity index (χ3n) is 1.000. The molecule has 0 bridgehead atoms. The zero-order valence-corrected chi connectivity index (χ0v) is 6.04. The Morgan fingerprint density at radius 3 is 3.00 bits per heavy atom. The number of aliphatic hydroxyl groups is 1. The van der Waals surface area contributed by atoms with E-state index in [1.807, 2.05) is 0 Å². The van der Waals surface area contributed by atoms with Crippen molar-refractivity contribution in [2.75, 3.05) is 6.61 Å². The van der Waals surface area contributed by atoms with Crippen molar-refractivity contribution in [3.05, 3.63) is 0 Å². The molecule has 4 nitrogen and oxygen atoms in total. The van der Waals surface area contributed by atoms with Crippen LogP contribution < -0.4 is 5.48 Å². The maximum absolute atomic E-state index is 9.62. The fourth-order valence-corrected chi connectivity index (χ4v) is 0.544. The molecule has 0 aliphatic carbocycles. The average molecular weight is 147 g/mol. The molecule has 10 heavy (non-hydrogen) atoms. The van der Waals surface area contributed by atoms with Crippen LogP contribution >= 0.6 is 0 Å². The summed E-state index contributed by atoms with van der Waals surface area (Å²) >= 11 is 0. The van der Waals surface area contributed by atoms with E-state index in [9.17, 15) is 4.79 Å². The van der Waals surface area contributed by atoms with Crippen LogP contribution in [0.25, 0.3) is 0 Å². The molecule has 0 aliphatic heterocycles. The van der Waals surface area contributed by atoms with Gasteiger partial charge >= 0.3 is 0 Å². The van der Waals surface area contributed by atoms with Gasteiger partial charge in [-0.1, -0.05) is 0 Å². The molecule has 0 aliphatic rings. The van der Waals surface area contributed by atoms with Gasteiger partial charge in [0, 0.05) is 0 Å². The third-order valence-corrected chi connectivity index (χ3v) is 1.000. The highest BCUT2D eigenvalue weighted by atomic mass is 16.6. The Bertz CT molecular complexity index is 85.1. The molecule has 0 aromatic heterocycles. The summed E-state index contributed by atoms with van der Waals surface area (Å²) in [6.45, 7) is 2.16. The summed E-state index contributed by atoms with van der Waals surface area (Å²) in [6, 6.07) is 0. The molecule has 0 saturated heterocycles. The molecule has 0 radical (unpaired) electrons. The van der Waals surface area contributed by atoms with Crippen LogP contribution in [0.15, 0.2) is 0 Å². The first-order valence-corrected chi connectivity index (χ1v) is 3.26. The van der Waals surface area contributed by atoms with Crippen LogP contribution in [0.2, 0.25) is 0 Å². The Labute approximate surface area is 60.1 Å². The molecule has 60 valence electrons. The fourth-order valence-electron chi connectivity index (χ4n) is 0.544.